The predicted octanol–water partition coefficient (Wildman–Crippen LogP) is 15.0. The number of fused-ring (bicyclic) bond motifs is 4. The first-order valence-corrected chi connectivity index (χ1v) is 24.8. The minimum atomic E-state index is 0.453. The van der Waals surface area contributed by atoms with Crippen molar-refractivity contribution in [1.82, 2.24) is 0 Å². The van der Waals surface area contributed by atoms with Crippen molar-refractivity contribution in [2.45, 2.75) is 219 Å². The van der Waals surface area contributed by atoms with Crippen molar-refractivity contribution in [1.29, 1.82) is 0 Å². The van der Waals surface area contributed by atoms with Crippen molar-refractivity contribution < 1.29 is 0 Å². The van der Waals surface area contributed by atoms with E-state index in [4.69, 9.17) is 7.85 Å². The lowest BCUT2D eigenvalue weighted by molar-refractivity contribution is -0.0136. The van der Waals surface area contributed by atoms with Gasteiger partial charge in [-0.05, 0) is 191 Å². The van der Waals surface area contributed by atoms with E-state index < -0.39 is 0 Å². The van der Waals surface area contributed by atoms with Crippen LogP contribution in [-0.4, -0.2) is 7.85 Å². The summed E-state index contributed by atoms with van der Waals surface area (Å²) >= 11 is 0. The van der Waals surface area contributed by atoms with Gasteiger partial charge < -0.3 is 0 Å². The van der Waals surface area contributed by atoms with Gasteiger partial charge in [0.1, 0.15) is 0 Å². The van der Waals surface area contributed by atoms with E-state index in [9.17, 15) is 0 Å². The van der Waals surface area contributed by atoms with Crippen molar-refractivity contribution in [3.8, 4) is 0 Å². The maximum atomic E-state index is 7.55. The summed E-state index contributed by atoms with van der Waals surface area (Å²) in [6.07, 6.45) is 47.9. The van der Waals surface area contributed by atoms with E-state index in [0.717, 1.165) is 94.7 Å². The molecule has 0 aromatic rings. The molecule has 2 radical (unpaired) electrons. The lowest BCUT2D eigenvalue weighted by Gasteiger charge is -2.53. The molecule has 0 aromatic heterocycles. The second kappa shape index (κ2) is 17.9. The third kappa shape index (κ3) is 8.89. The van der Waals surface area contributed by atoms with Gasteiger partial charge in [-0.3, -0.25) is 0 Å². The summed E-state index contributed by atoms with van der Waals surface area (Å²) in [7, 11) is 7.55. The van der Waals surface area contributed by atoms with E-state index >= 15 is 0 Å². The van der Waals surface area contributed by atoms with Crippen LogP contribution in [-0.2, 0) is 0 Å². The third-order valence-corrected chi connectivity index (χ3v) is 19.5. The van der Waals surface area contributed by atoms with E-state index in [1.165, 1.54) is 77.0 Å². The highest BCUT2D eigenvalue weighted by Crippen LogP contribution is 2.58. The molecule has 0 amide bonds. The molecule has 0 heterocycles. The average molecular weight is 697 g/mol. The maximum absolute atomic E-state index is 7.55. The molecule has 8 fully saturated rings. The molecular weight excluding hydrogens is 611 g/mol. The van der Waals surface area contributed by atoms with Gasteiger partial charge in [-0.1, -0.05) is 122 Å². The fourth-order valence-corrected chi connectivity index (χ4v) is 16.8. The topological polar surface area (TPSA) is 0 Å². The summed E-state index contributed by atoms with van der Waals surface area (Å²) in [5.74, 6) is 16.5. The minimum absolute atomic E-state index is 0.453. The summed E-state index contributed by atoms with van der Waals surface area (Å²) in [5.41, 5.74) is 0. The van der Waals surface area contributed by atoms with Crippen molar-refractivity contribution in [2.75, 3.05) is 0 Å². The van der Waals surface area contributed by atoms with Crippen LogP contribution < -0.4 is 0 Å². The third-order valence-electron chi connectivity index (χ3n) is 19.5. The van der Waals surface area contributed by atoms with E-state index in [1.807, 2.05) is 0 Å². The minimum Gasteiger partial charge on any atom is -0.0718 e. The quantitative estimate of drug-likeness (QED) is 0.258. The van der Waals surface area contributed by atoms with E-state index in [2.05, 4.69) is 13.8 Å². The lowest BCUT2D eigenvalue weighted by Crippen LogP contribution is -2.43. The highest BCUT2D eigenvalue weighted by molar-refractivity contribution is 6.12. The van der Waals surface area contributed by atoms with Crippen LogP contribution >= 0.6 is 0 Å². The van der Waals surface area contributed by atoms with E-state index in [0.29, 0.717) is 5.82 Å². The number of hydrogen-bond acceptors (Lipinski definition) is 0. The van der Waals surface area contributed by atoms with Crippen molar-refractivity contribution in [3.63, 3.8) is 0 Å². The molecule has 51 heavy (non-hydrogen) atoms. The Balaban J connectivity index is 0.979. The molecule has 0 aromatic carbocycles. The Labute approximate surface area is 320 Å². The van der Waals surface area contributed by atoms with E-state index in [-0.39, 0.29) is 0 Å². The summed E-state index contributed by atoms with van der Waals surface area (Å²) in [6, 6.07) is 0. The van der Waals surface area contributed by atoms with E-state index in [1.54, 1.807) is 122 Å². The van der Waals surface area contributed by atoms with Crippen molar-refractivity contribution >= 4 is 7.85 Å². The van der Waals surface area contributed by atoms with Gasteiger partial charge in [-0.2, -0.15) is 0 Å². The van der Waals surface area contributed by atoms with Gasteiger partial charge >= 0.3 is 0 Å². The standard InChI is InChI=1S/C50H85B/c1-34-13-5-3-7-19-45(42-23-21-36-15-9-11-17-38(36)30-42)47-27-25-40(32-44(47)29-34)41-26-28-48-46(43-24-22-37-16-10-12-18-39(37)31-43)20-8-4-6-14-35(2)50(51)49(48)33-41/h34-50H,3-33H2,1-2H3/t34?,35?,36?,37?,38?,39?,40?,41?,42?,43?,44?,45?,46?,47?,48-,49-,50?/m0/s1. The summed E-state index contributed by atoms with van der Waals surface area (Å²) in [4.78, 5) is 0. The van der Waals surface area contributed by atoms with Gasteiger partial charge in [-0.15, -0.1) is 0 Å². The molecule has 0 saturated heterocycles. The van der Waals surface area contributed by atoms with Crippen LogP contribution in [0.25, 0.3) is 0 Å². The molecule has 8 aliphatic rings. The van der Waals surface area contributed by atoms with Crippen LogP contribution in [0.3, 0.4) is 0 Å². The van der Waals surface area contributed by atoms with Crippen LogP contribution in [0.2, 0.25) is 5.82 Å². The molecule has 8 aliphatic carbocycles. The Bertz CT molecular complexity index is 1050. The molecule has 8 rings (SSSR count). The summed E-state index contributed by atoms with van der Waals surface area (Å²) < 4.78 is 0. The second-order valence-electron chi connectivity index (χ2n) is 22.2. The zero-order valence-corrected chi connectivity index (χ0v) is 34.3. The highest BCUT2D eigenvalue weighted by atomic mass is 14.5. The number of rotatable bonds is 3. The zero-order chi connectivity index (χ0) is 34.7. The Morgan fingerprint density at radius 3 is 1.33 bits per heavy atom. The van der Waals surface area contributed by atoms with Crippen LogP contribution in [0.15, 0.2) is 0 Å². The summed E-state index contributed by atoms with van der Waals surface area (Å²) in [5, 5.41) is 0. The van der Waals surface area contributed by atoms with Gasteiger partial charge in [0, 0.05) is 0 Å². The summed E-state index contributed by atoms with van der Waals surface area (Å²) in [6.45, 7) is 5.24. The number of hydrogen-bond donors (Lipinski definition) is 0. The first-order chi connectivity index (χ1) is 25.0. The van der Waals surface area contributed by atoms with Gasteiger partial charge in [0.05, 0.1) is 7.85 Å². The SMILES string of the molecule is [B]C1C(C)CCCCCC(C2CCC3CCCCC3C2)[C@@H]2CCC(C3CCC4C(CC(C)CCCCCC4C4CCC5CCCCC5C4)C3)C[C@H]12. The van der Waals surface area contributed by atoms with Crippen LogP contribution in [0.4, 0.5) is 0 Å². The van der Waals surface area contributed by atoms with Gasteiger partial charge in [0.25, 0.3) is 0 Å². The second-order valence-corrected chi connectivity index (χ2v) is 22.2. The largest absolute Gasteiger partial charge is 0.0718 e. The molecule has 0 nitrogen and oxygen atoms in total. The maximum Gasteiger partial charge on any atom is 0.0707 e. The van der Waals surface area contributed by atoms with Gasteiger partial charge in [0.2, 0.25) is 0 Å². The fraction of sp³-hybridized carbons (Fsp3) is 1.00. The molecule has 0 N–H and O–H groups in total. The Morgan fingerprint density at radius 1 is 0.275 bits per heavy atom. The Morgan fingerprint density at radius 2 is 0.686 bits per heavy atom. The molecule has 8 saturated carbocycles. The normalized spacial score (nSPS) is 50.7. The molecule has 288 valence electrons. The first kappa shape index (κ1) is 38.0. The average Bonchev–Trinajstić information content (AvgIpc) is 3.16. The Hall–Kier alpha value is 0.0649. The van der Waals surface area contributed by atoms with Crippen LogP contribution in [0.1, 0.15) is 213 Å². The van der Waals surface area contributed by atoms with Crippen LogP contribution in [0.5, 0.6) is 0 Å². The Kier molecular flexibility index (Phi) is 13.3. The molecule has 17 atom stereocenters. The first-order valence-electron chi connectivity index (χ1n) is 24.8. The molecule has 0 spiro atoms. The van der Waals surface area contributed by atoms with Gasteiger partial charge in [0.15, 0.2) is 0 Å². The monoisotopic (exact) mass is 697 g/mol. The van der Waals surface area contributed by atoms with Crippen molar-refractivity contribution in [3.05, 3.63) is 0 Å². The van der Waals surface area contributed by atoms with Crippen molar-refractivity contribution in [2.24, 2.45) is 94.7 Å². The van der Waals surface area contributed by atoms with Gasteiger partial charge in [-0.25, -0.2) is 0 Å². The molecule has 0 aliphatic heterocycles. The lowest BCUT2D eigenvalue weighted by atomic mass is 9.50. The molecule has 1 heteroatoms. The van der Waals surface area contributed by atoms with Crippen LogP contribution in [0, 0.1) is 94.7 Å². The molecule has 0 bridgehead atoms. The fourth-order valence-electron chi connectivity index (χ4n) is 16.8. The molecular formula is C50H85B. The highest BCUT2D eigenvalue weighted by Gasteiger charge is 2.48. The predicted molar refractivity (Wildman–Crippen MR) is 220 cm³/mol. The molecule has 15 unspecified atom stereocenters. The smallest absolute Gasteiger partial charge is 0.0707 e. The zero-order valence-electron chi connectivity index (χ0n) is 34.3.